The van der Waals surface area contributed by atoms with Crippen LogP contribution in [-0.2, 0) is 4.79 Å². The van der Waals surface area contributed by atoms with Crippen LogP contribution < -0.4 is 15.4 Å². The van der Waals surface area contributed by atoms with Crippen molar-refractivity contribution in [1.29, 1.82) is 0 Å². The predicted octanol–water partition coefficient (Wildman–Crippen LogP) is 5.55. The lowest BCUT2D eigenvalue weighted by atomic mass is 9.72. The SMILES string of the molecule is CCCOc1ccccc1[C@@H]1Nc2ccccc2NC2=CC(C)(C)CC(=O)[C@H]21. The van der Waals surface area contributed by atoms with E-state index in [-0.39, 0.29) is 23.2 Å². The van der Waals surface area contributed by atoms with E-state index in [4.69, 9.17) is 4.74 Å². The molecule has 0 amide bonds. The number of benzene rings is 2. The van der Waals surface area contributed by atoms with E-state index in [0.29, 0.717) is 13.0 Å². The summed E-state index contributed by atoms with van der Waals surface area (Å²) in [6.07, 6.45) is 3.71. The second kappa shape index (κ2) is 7.34. The maximum Gasteiger partial charge on any atom is 0.145 e. The Labute approximate surface area is 167 Å². The summed E-state index contributed by atoms with van der Waals surface area (Å²) in [6.45, 7) is 6.99. The van der Waals surface area contributed by atoms with Crippen molar-refractivity contribution in [3.8, 4) is 5.75 Å². The van der Waals surface area contributed by atoms with Gasteiger partial charge >= 0.3 is 0 Å². The molecule has 1 heterocycles. The number of allylic oxidation sites excluding steroid dienone is 1. The van der Waals surface area contributed by atoms with E-state index in [1.807, 2.05) is 36.4 Å². The Morgan fingerprint density at radius 2 is 1.79 bits per heavy atom. The molecule has 0 aromatic heterocycles. The van der Waals surface area contributed by atoms with Crippen LogP contribution in [0.25, 0.3) is 0 Å². The Morgan fingerprint density at radius 1 is 1.07 bits per heavy atom. The molecule has 0 fully saturated rings. The van der Waals surface area contributed by atoms with Crippen LogP contribution in [0.2, 0.25) is 0 Å². The Morgan fingerprint density at radius 3 is 2.57 bits per heavy atom. The summed E-state index contributed by atoms with van der Waals surface area (Å²) in [4.78, 5) is 13.3. The standard InChI is InChI=1S/C24H28N2O2/c1-4-13-28-21-12-8-5-9-16(21)23-22-19(14-24(2,3)15-20(22)27)25-17-10-6-7-11-18(17)26-23/h5-12,14,22-23,25-26H,4,13,15H2,1-3H3/t22-,23-/m0/s1. The van der Waals surface area contributed by atoms with Gasteiger partial charge in [0.2, 0.25) is 0 Å². The van der Waals surface area contributed by atoms with E-state index in [1.54, 1.807) is 0 Å². The van der Waals surface area contributed by atoms with Crippen molar-refractivity contribution in [2.45, 2.75) is 39.7 Å². The first kappa shape index (κ1) is 18.6. The fourth-order valence-corrected chi connectivity index (χ4v) is 4.24. The molecule has 4 heteroatoms. The van der Waals surface area contributed by atoms with Crippen molar-refractivity contribution in [3.05, 3.63) is 65.9 Å². The van der Waals surface area contributed by atoms with E-state index in [1.165, 1.54) is 0 Å². The molecular formula is C24H28N2O2. The van der Waals surface area contributed by atoms with Crippen molar-refractivity contribution >= 4 is 17.2 Å². The zero-order chi connectivity index (χ0) is 19.7. The number of para-hydroxylation sites is 3. The van der Waals surface area contributed by atoms with Crippen molar-refractivity contribution in [2.75, 3.05) is 17.2 Å². The van der Waals surface area contributed by atoms with Gasteiger partial charge in [0, 0.05) is 17.7 Å². The Balaban J connectivity index is 1.85. The molecule has 0 saturated carbocycles. The molecule has 4 rings (SSSR count). The van der Waals surface area contributed by atoms with Gasteiger partial charge in [-0.25, -0.2) is 0 Å². The van der Waals surface area contributed by atoms with Gasteiger partial charge in [-0.1, -0.05) is 57.2 Å². The number of Topliss-reactive ketones (excluding diaryl/α,β-unsaturated/α-hetero) is 1. The summed E-state index contributed by atoms with van der Waals surface area (Å²) in [5.74, 6) is 0.829. The minimum atomic E-state index is -0.271. The maximum absolute atomic E-state index is 13.3. The zero-order valence-electron chi connectivity index (χ0n) is 16.8. The third-order valence-corrected chi connectivity index (χ3v) is 5.42. The lowest BCUT2D eigenvalue weighted by molar-refractivity contribution is -0.124. The monoisotopic (exact) mass is 376 g/mol. The van der Waals surface area contributed by atoms with E-state index in [0.717, 1.165) is 34.8 Å². The highest BCUT2D eigenvalue weighted by Gasteiger charge is 2.42. The Bertz CT molecular complexity index is 916. The first-order chi connectivity index (χ1) is 13.5. The summed E-state index contributed by atoms with van der Waals surface area (Å²) < 4.78 is 6.03. The quantitative estimate of drug-likeness (QED) is 0.734. The molecule has 2 aliphatic rings. The number of anilines is 2. The molecule has 2 atom stereocenters. The minimum Gasteiger partial charge on any atom is -0.493 e. The van der Waals surface area contributed by atoms with E-state index in [9.17, 15) is 4.79 Å². The number of carbonyl (C=O) groups excluding carboxylic acids is 1. The van der Waals surface area contributed by atoms with Crippen LogP contribution in [0.4, 0.5) is 11.4 Å². The molecule has 0 spiro atoms. The zero-order valence-corrected chi connectivity index (χ0v) is 16.8. The number of hydrogen-bond acceptors (Lipinski definition) is 4. The molecule has 146 valence electrons. The molecule has 2 aromatic rings. The van der Waals surface area contributed by atoms with Crippen LogP contribution in [0, 0.1) is 11.3 Å². The van der Waals surface area contributed by atoms with Crippen LogP contribution in [0.3, 0.4) is 0 Å². The van der Waals surface area contributed by atoms with Gasteiger partial charge in [0.25, 0.3) is 0 Å². The van der Waals surface area contributed by atoms with Gasteiger partial charge in [0.05, 0.1) is 29.9 Å². The fourth-order valence-electron chi connectivity index (χ4n) is 4.24. The molecule has 1 aliphatic heterocycles. The summed E-state index contributed by atoms with van der Waals surface area (Å²) in [6, 6.07) is 16.0. The normalized spacial score (nSPS) is 22.7. The highest BCUT2D eigenvalue weighted by Crippen LogP contribution is 2.46. The molecular weight excluding hydrogens is 348 g/mol. The lowest BCUT2D eigenvalue weighted by Crippen LogP contribution is -2.36. The Hall–Kier alpha value is -2.75. The first-order valence-electron chi connectivity index (χ1n) is 10.1. The van der Waals surface area contributed by atoms with Crippen LogP contribution in [0.5, 0.6) is 5.75 Å². The number of ketones is 1. The van der Waals surface area contributed by atoms with Crippen molar-refractivity contribution in [1.82, 2.24) is 0 Å². The Kier molecular flexibility index (Phi) is 4.88. The lowest BCUT2D eigenvalue weighted by Gasteiger charge is -2.35. The van der Waals surface area contributed by atoms with Crippen LogP contribution in [-0.4, -0.2) is 12.4 Å². The van der Waals surface area contributed by atoms with Gasteiger partial charge in [0.1, 0.15) is 11.5 Å². The third-order valence-electron chi connectivity index (χ3n) is 5.42. The second-order valence-electron chi connectivity index (χ2n) is 8.39. The average molecular weight is 377 g/mol. The maximum atomic E-state index is 13.3. The smallest absolute Gasteiger partial charge is 0.145 e. The molecule has 4 nitrogen and oxygen atoms in total. The molecule has 1 aliphatic carbocycles. The van der Waals surface area contributed by atoms with Crippen LogP contribution in [0.1, 0.15) is 45.2 Å². The summed E-state index contributed by atoms with van der Waals surface area (Å²) in [5.41, 5.74) is 3.85. The highest BCUT2D eigenvalue weighted by atomic mass is 16.5. The summed E-state index contributed by atoms with van der Waals surface area (Å²) in [5, 5.41) is 7.19. The summed E-state index contributed by atoms with van der Waals surface area (Å²) >= 11 is 0. The van der Waals surface area contributed by atoms with Gasteiger partial charge in [-0.2, -0.15) is 0 Å². The fraction of sp³-hybridized carbons (Fsp3) is 0.375. The van der Waals surface area contributed by atoms with Crippen molar-refractivity contribution in [2.24, 2.45) is 11.3 Å². The van der Waals surface area contributed by atoms with Gasteiger partial charge in [0.15, 0.2) is 0 Å². The van der Waals surface area contributed by atoms with E-state index >= 15 is 0 Å². The van der Waals surface area contributed by atoms with E-state index in [2.05, 4.69) is 49.6 Å². The van der Waals surface area contributed by atoms with Crippen LogP contribution >= 0.6 is 0 Å². The van der Waals surface area contributed by atoms with Gasteiger partial charge in [-0.15, -0.1) is 0 Å². The number of rotatable bonds is 4. The molecule has 28 heavy (non-hydrogen) atoms. The molecule has 0 unspecified atom stereocenters. The van der Waals surface area contributed by atoms with Gasteiger partial charge < -0.3 is 15.4 Å². The second-order valence-corrected chi connectivity index (χ2v) is 8.39. The van der Waals surface area contributed by atoms with Gasteiger partial charge in [-0.05, 0) is 30.0 Å². The number of hydrogen-bond donors (Lipinski definition) is 2. The van der Waals surface area contributed by atoms with Crippen molar-refractivity contribution in [3.63, 3.8) is 0 Å². The molecule has 0 saturated heterocycles. The molecule has 0 bridgehead atoms. The van der Waals surface area contributed by atoms with Crippen molar-refractivity contribution < 1.29 is 9.53 Å². The minimum absolute atomic E-state index is 0.155. The number of carbonyl (C=O) groups is 1. The van der Waals surface area contributed by atoms with Crippen LogP contribution in [0.15, 0.2) is 60.3 Å². The summed E-state index contributed by atoms with van der Waals surface area (Å²) in [7, 11) is 0. The predicted molar refractivity (Wildman–Crippen MR) is 114 cm³/mol. The molecule has 2 aromatic carbocycles. The third kappa shape index (κ3) is 3.51. The highest BCUT2D eigenvalue weighted by molar-refractivity contribution is 5.90. The van der Waals surface area contributed by atoms with E-state index < -0.39 is 0 Å². The number of nitrogens with one attached hydrogen (secondary N) is 2. The first-order valence-corrected chi connectivity index (χ1v) is 10.1. The average Bonchev–Trinajstić information content (AvgIpc) is 2.82. The topological polar surface area (TPSA) is 50.4 Å². The largest absolute Gasteiger partial charge is 0.493 e. The number of fused-ring (bicyclic) bond motifs is 2. The van der Waals surface area contributed by atoms with Gasteiger partial charge in [-0.3, -0.25) is 4.79 Å². The number of ether oxygens (including phenoxy) is 1. The molecule has 2 N–H and O–H groups in total. The molecule has 0 radical (unpaired) electrons.